The van der Waals surface area contributed by atoms with E-state index in [0.717, 1.165) is 30.6 Å². The zero-order valence-electron chi connectivity index (χ0n) is 11.6. The van der Waals surface area contributed by atoms with Gasteiger partial charge in [0.25, 0.3) is 0 Å². The van der Waals surface area contributed by atoms with E-state index < -0.39 is 0 Å². The quantitative estimate of drug-likeness (QED) is 0.610. The van der Waals surface area contributed by atoms with Crippen molar-refractivity contribution in [1.29, 1.82) is 0 Å². The van der Waals surface area contributed by atoms with Crippen molar-refractivity contribution >= 4 is 0 Å². The molecule has 0 aromatic carbocycles. The predicted molar refractivity (Wildman–Crippen MR) is 77.2 cm³/mol. The van der Waals surface area contributed by atoms with Crippen LogP contribution in [-0.4, -0.2) is 11.0 Å². The predicted octanol–water partition coefficient (Wildman–Crippen LogP) is 2.67. The van der Waals surface area contributed by atoms with Gasteiger partial charge in [0.1, 0.15) is 0 Å². The van der Waals surface area contributed by atoms with Gasteiger partial charge < -0.3 is 0 Å². The summed E-state index contributed by atoms with van der Waals surface area (Å²) in [5.41, 5.74) is 4.35. The van der Waals surface area contributed by atoms with Gasteiger partial charge in [-0.1, -0.05) is 12.5 Å². The van der Waals surface area contributed by atoms with Crippen molar-refractivity contribution in [3.63, 3.8) is 0 Å². The van der Waals surface area contributed by atoms with Crippen molar-refractivity contribution < 1.29 is 0 Å². The van der Waals surface area contributed by atoms with Crippen LogP contribution in [0.2, 0.25) is 0 Å². The fourth-order valence-corrected chi connectivity index (χ4v) is 4.19. The van der Waals surface area contributed by atoms with Gasteiger partial charge in [-0.2, -0.15) is 0 Å². The van der Waals surface area contributed by atoms with E-state index in [4.69, 9.17) is 5.84 Å². The molecule has 0 amide bonds. The first kappa shape index (κ1) is 13.1. The molecule has 0 aliphatic heterocycles. The largest absolute Gasteiger partial charge is 0.271 e. The van der Waals surface area contributed by atoms with Crippen LogP contribution in [0.15, 0.2) is 24.5 Å². The highest BCUT2D eigenvalue weighted by molar-refractivity contribution is 5.08. The molecule has 3 nitrogen and oxygen atoms in total. The Morgan fingerprint density at radius 1 is 1.37 bits per heavy atom. The number of aromatic nitrogens is 1. The molecule has 2 bridgehead atoms. The number of nitrogens with zero attached hydrogens (tertiary/aromatic N) is 1. The molecular weight excluding hydrogens is 234 g/mol. The molecular formula is C16H25N3. The van der Waals surface area contributed by atoms with Gasteiger partial charge in [-0.15, -0.1) is 0 Å². The molecule has 0 saturated heterocycles. The molecule has 1 aromatic heterocycles. The average Bonchev–Trinajstić information content (AvgIpc) is 3.07. The molecule has 4 unspecified atom stereocenters. The van der Waals surface area contributed by atoms with E-state index in [-0.39, 0.29) is 0 Å². The fourth-order valence-electron chi connectivity index (χ4n) is 4.19. The summed E-state index contributed by atoms with van der Waals surface area (Å²) in [5.74, 6) is 8.71. The van der Waals surface area contributed by atoms with E-state index in [2.05, 4.69) is 16.5 Å². The Bertz CT molecular complexity index is 392. The summed E-state index contributed by atoms with van der Waals surface area (Å²) >= 11 is 0. The van der Waals surface area contributed by atoms with Gasteiger partial charge >= 0.3 is 0 Å². The lowest BCUT2D eigenvalue weighted by Gasteiger charge is -2.26. The van der Waals surface area contributed by atoms with Crippen LogP contribution in [0, 0.1) is 17.8 Å². The van der Waals surface area contributed by atoms with E-state index in [1.54, 1.807) is 0 Å². The molecule has 4 atom stereocenters. The van der Waals surface area contributed by atoms with Crippen LogP contribution in [-0.2, 0) is 6.42 Å². The average molecular weight is 259 g/mol. The third-order valence-electron chi connectivity index (χ3n) is 5.21. The minimum absolute atomic E-state index is 0.463. The second kappa shape index (κ2) is 6.02. The fraction of sp³-hybridized carbons (Fsp3) is 0.688. The lowest BCUT2D eigenvalue weighted by Crippen LogP contribution is -2.37. The van der Waals surface area contributed by atoms with Gasteiger partial charge in [0, 0.05) is 18.4 Å². The molecule has 2 aliphatic carbocycles. The Morgan fingerprint density at radius 2 is 2.32 bits per heavy atom. The normalized spacial score (nSPS) is 30.7. The van der Waals surface area contributed by atoms with Gasteiger partial charge in [-0.05, 0) is 67.9 Å². The molecule has 3 heteroatoms. The third kappa shape index (κ3) is 3.15. The maximum Gasteiger partial charge on any atom is 0.0299 e. The first-order valence-corrected chi connectivity index (χ1v) is 7.70. The first-order valence-electron chi connectivity index (χ1n) is 7.70. The molecule has 1 aromatic rings. The second-order valence-corrected chi connectivity index (χ2v) is 6.43. The van der Waals surface area contributed by atoms with Crippen LogP contribution in [0.25, 0.3) is 0 Å². The number of nitrogens with two attached hydrogens (primary N) is 1. The van der Waals surface area contributed by atoms with Crippen LogP contribution < -0.4 is 11.3 Å². The van der Waals surface area contributed by atoms with E-state index in [9.17, 15) is 0 Å². The van der Waals surface area contributed by atoms with Crippen molar-refractivity contribution in [2.75, 3.05) is 0 Å². The molecule has 3 N–H and O–H groups in total. The number of fused-ring (bicyclic) bond motifs is 2. The topological polar surface area (TPSA) is 50.9 Å². The van der Waals surface area contributed by atoms with Crippen molar-refractivity contribution in [2.45, 2.75) is 51.0 Å². The number of hydrazine groups is 1. The highest BCUT2D eigenvalue weighted by Crippen LogP contribution is 2.49. The molecule has 19 heavy (non-hydrogen) atoms. The third-order valence-corrected chi connectivity index (χ3v) is 5.21. The zero-order valence-corrected chi connectivity index (χ0v) is 11.6. The van der Waals surface area contributed by atoms with Crippen molar-refractivity contribution in [3.05, 3.63) is 30.1 Å². The highest BCUT2D eigenvalue weighted by atomic mass is 15.2. The van der Waals surface area contributed by atoms with Gasteiger partial charge in [0.15, 0.2) is 0 Å². The Labute approximate surface area is 116 Å². The maximum atomic E-state index is 5.75. The van der Waals surface area contributed by atoms with Gasteiger partial charge in [-0.25, -0.2) is 0 Å². The highest BCUT2D eigenvalue weighted by Gasteiger charge is 2.39. The summed E-state index contributed by atoms with van der Waals surface area (Å²) in [4.78, 5) is 4.17. The number of nitrogens with one attached hydrogen (secondary N) is 1. The number of pyridine rings is 1. The molecule has 3 rings (SSSR count). The van der Waals surface area contributed by atoms with Gasteiger partial charge in [0.05, 0.1) is 0 Å². The van der Waals surface area contributed by atoms with E-state index in [1.807, 2.05) is 18.5 Å². The van der Waals surface area contributed by atoms with Gasteiger partial charge in [0.2, 0.25) is 0 Å². The van der Waals surface area contributed by atoms with Crippen molar-refractivity contribution in [3.8, 4) is 0 Å². The SMILES string of the molecule is NNC(CCc1cccnc1)CC1CC2CCC1C2. The molecule has 2 saturated carbocycles. The standard InChI is InChI=1S/C16H25N3/c17-19-16(6-4-12-2-1-7-18-11-12)10-15-9-13-3-5-14(15)8-13/h1-2,7,11,13-16,19H,3-6,8-10,17H2. The van der Waals surface area contributed by atoms with Crippen molar-refractivity contribution in [2.24, 2.45) is 23.6 Å². The Balaban J connectivity index is 1.48. The summed E-state index contributed by atoms with van der Waals surface area (Å²) in [5, 5.41) is 0. The summed E-state index contributed by atoms with van der Waals surface area (Å²) in [6, 6.07) is 4.62. The molecule has 0 spiro atoms. The van der Waals surface area contributed by atoms with E-state index >= 15 is 0 Å². The van der Waals surface area contributed by atoms with E-state index in [1.165, 1.54) is 37.7 Å². The van der Waals surface area contributed by atoms with E-state index in [0.29, 0.717) is 6.04 Å². The van der Waals surface area contributed by atoms with Crippen LogP contribution in [0.1, 0.15) is 44.1 Å². The van der Waals surface area contributed by atoms with Crippen LogP contribution >= 0.6 is 0 Å². The number of hydrogen-bond acceptors (Lipinski definition) is 3. The lowest BCUT2D eigenvalue weighted by molar-refractivity contribution is 0.272. The molecule has 1 heterocycles. The Kier molecular flexibility index (Phi) is 4.14. The smallest absolute Gasteiger partial charge is 0.0299 e. The van der Waals surface area contributed by atoms with Crippen LogP contribution in [0.5, 0.6) is 0 Å². The minimum atomic E-state index is 0.463. The van der Waals surface area contributed by atoms with Crippen LogP contribution in [0.3, 0.4) is 0 Å². The van der Waals surface area contributed by atoms with Gasteiger partial charge in [-0.3, -0.25) is 16.3 Å². The minimum Gasteiger partial charge on any atom is -0.271 e. The zero-order chi connectivity index (χ0) is 13.1. The summed E-state index contributed by atoms with van der Waals surface area (Å²) in [7, 11) is 0. The lowest BCUT2D eigenvalue weighted by atomic mass is 9.83. The summed E-state index contributed by atoms with van der Waals surface area (Å²) in [6.45, 7) is 0. The number of hydrogen-bond donors (Lipinski definition) is 2. The summed E-state index contributed by atoms with van der Waals surface area (Å²) < 4.78 is 0. The number of aryl methyl sites for hydroxylation is 1. The summed E-state index contributed by atoms with van der Waals surface area (Å²) in [6.07, 6.45) is 13.1. The maximum absolute atomic E-state index is 5.75. The molecule has 0 radical (unpaired) electrons. The Hall–Kier alpha value is -0.930. The molecule has 104 valence electrons. The van der Waals surface area contributed by atoms with Crippen LogP contribution in [0.4, 0.5) is 0 Å². The molecule has 2 fully saturated rings. The monoisotopic (exact) mass is 259 g/mol. The first-order chi connectivity index (χ1) is 9.35. The number of rotatable bonds is 6. The molecule has 2 aliphatic rings. The van der Waals surface area contributed by atoms with Crippen molar-refractivity contribution in [1.82, 2.24) is 10.4 Å². The second-order valence-electron chi connectivity index (χ2n) is 6.43. The Morgan fingerprint density at radius 3 is 2.95 bits per heavy atom.